The number of rotatable bonds is 4. The van der Waals surface area contributed by atoms with Crippen molar-refractivity contribution in [3.8, 4) is 0 Å². The predicted molar refractivity (Wildman–Crippen MR) is 80.3 cm³/mol. The summed E-state index contributed by atoms with van der Waals surface area (Å²) in [7, 11) is 0. The van der Waals surface area contributed by atoms with Crippen LogP contribution in [-0.2, 0) is 4.79 Å². The molecule has 1 saturated carbocycles. The summed E-state index contributed by atoms with van der Waals surface area (Å²) in [4.78, 5) is 14.4. The lowest BCUT2D eigenvalue weighted by Crippen LogP contribution is -2.47. The molecule has 1 saturated heterocycles. The average molecular weight is 282 g/mol. The largest absolute Gasteiger partial charge is 0.393 e. The lowest BCUT2D eigenvalue weighted by Gasteiger charge is -2.35. The van der Waals surface area contributed by atoms with Crippen molar-refractivity contribution in [3.63, 3.8) is 0 Å². The van der Waals surface area contributed by atoms with E-state index in [0.29, 0.717) is 30.3 Å². The van der Waals surface area contributed by atoms with Gasteiger partial charge in [-0.1, -0.05) is 26.7 Å². The number of likely N-dealkylation sites (tertiary alicyclic amines) is 1. The highest BCUT2D eigenvalue weighted by Crippen LogP contribution is 2.29. The van der Waals surface area contributed by atoms with Gasteiger partial charge < -0.3 is 10.4 Å². The first-order chi connectivity index (χ1) is 9.47. The summed E-state index contributed by atoms with van der Waals surface area (Å²) in [5.74, 6) is 1.77. The van der Waals surface area contributed by atoms with E-state index < -0.39 is 0 Å². The molecule has 1 amide bonds. The summed E-state index contributed by atoms with van der Waals surface area (Å²) in [6, 6.07) is 0.349. The Morgan fingerprint density at radius 3 is 2.75 bits per heavy atom. The Morgan fingerprint density at radius 2 is 2.10 bits per heavy atom. The molecule has 20 heavy (non-hydrogen) atoms. The average Bonchev–Trinajstić information content (AvgIpc) is 2.83. The minimum Gasteiger partial charge on any atom is -0.393 e. The number of amides is 1. The van der Waals surface area contributed by atoms with E-state index >= 15 is 0 Å². The maximum atomic E-state index is 12.2. The predicted octanol–water partition coefficient (Wildman–Crippen LogP) is 1.63. The van der Waals surface area contributed by atoms with Crippen LogP contribution in [0, 0.1) is 17.8 Å². The molecule has 2 aliphatic rings. The maximum Gasteiger partial charge on any atom is 0.234 e. The van der Waals surface area contributed by atoms with Crippen LogP contribution >= 0.6 is 0 Å². The van der Waals surface area contributed by atoms with E-state index in [1.165, 1.54) is 12.8 Å². The molecule has 0 radical (unpaired) electrons. The second-order valence-corrected chi connectivity index (χ2v) is 6.97. The van der Waals surface area contributed by atoms with Crippen LogP contribution in [0.25, 0.3) is 0 Å². The third-order valence-electron chi connectivity index (χ3n) is 5.41. The number of carbonyl (C=O) groups excluding carboxylic acids is 1. The van der Waals surface area contributed by atoms with Crippen molar-refractivity contribution in [1.29, 1.82) is 0 Å². The molecule has 0 spiro atoms. The van der Waals surface area contributed by atoms with Gasteiger partial charge in [0.2, 0.25) is 5.91 Å². The highest BCUT2D eigenvalue weighted by atomic mass is 16.3. The van der Waals surface area contributed by atoms with Crippen LogP contribution in [0.3, 0.4) is 0 Å². The first-order valence-corrected chi connectivity index (χ1v) is 8.17. The molecule has 0 aromatic carbocycles. The molecule has 0 bridgehead atoms. The van der Waals surface area contributed by atoms with Crippen LogP contribution in [-0.4, -0.2) is 47.7 Å². The summed E-state index contributed by atoms with van der Waals surface area (Å²) < 4.78 is 0. The van der Waals surface area contributed by atoms with E-state index in [1.807, 2.05) is 6.92 Å². The third-order valence-corrected chi connectivity index (χ3v) is 5.41. The number of nitrogens with zero attached hydrogens (tertiary/aromatic N) is 1. The van der Waals surface area contributed by atoms with Gasteiger partial charge in [-0.25, -0.2) is 0 Å². The van der Waals surface area contributed by atoms with Crippen molar-refractivity contribution >= 4 is 5.91 Å². The fraction of sp³-hybridized carbons (Fsp3) is 0.938. The number of aliphatic hydroxyl groups excluding tert-OH is 1. The molecular formula is C16H30N2O2. The molecule has 4 nitrogen and oxygen atoms in total. The quantitative estimate of drug-likeness (QED) is 0.824. The molecule has 5 unspecified atom stereocenters. The minimum absolute atomic E-state index is 0.155. The first-order valence-electron chi connectivity index (χ1n) is 8.17. The fourth-order valence-electron chi connectivity index (χ4n) is 3.64. The fourth-order valence-corrected chi connectivity index (χ4v) is 3.64. The molecule has 2 fully saturated rings. The van der Waals surface area contributed by atoms with Gasteiger partial charge in [0.1, 0.15) is 0 Å². The third kappa shape index (κ3) is 3.95. The molecule has 1 heterocycles. The van der Waals surface area contributed by atoms with Crippen molar-refractivity contribution in [2.24, 2.45) is 17.8 Å². The number of aliphatic hydroxyl groups is 1. The molecule has 0 aromatic heterocycles. The van der Waals surface area contributed by atoms with Crippen molar-refractivity contribution in [3.05, 3.63) is 0 Å². The second-order valence-electron chi connectivity index (χ2n) is 6.97. The molecule has 116 valence electrons. The second kappa shape index (κ2) is 6.90. The van der Waals surface area contributed by atoms with E-state index in [-0.39, 0.29) is 12.0 Å². The molecule has 2 rings (SSSR count). The molecule has 5 atom stereocenters. The number of carbonyl (C=O) groups is 1. The van der Waals surface area contributed by atoms with Crippen LogP contribution in [0.4, 0.5) is 0 Å². The Labute approximate surface area is 122 Å². The van der Waals surface area contributed by atoms with Crippen molar-refractivity contribution < 1.29 is 9.90 Å². The zero-order chi connectivity index (χ0) is 14.7. The Kier molecular flexibility index (Phi) is 5.44. The lowest BCUT2D eigenvalue weighted by molar-refractivity contribution is -0.123. The van der Waals surface area contributed by atoms with E-state index in [0.717, 1.165) is 25.9 Å². The SMILES string of the molecule is CC(O)C1CCN(CC(=O)NC2CCCC(C)C2C)C1. The summed E-state index contributed by atoms with van der Waals surface area (Å²) in [6.07, 6.45) is 4.37. The lowest BCUT2D eigenvalue weighted by atomic mass is 9.78. The van der Waals surface area contributed by atoms with Gasteiger partial charge in [0.25, 0.3) is 0 Å². The van der Waals surface area contributed by atoms with E-state index in [4.69, 9.17) is 0 Å². The van der Waals surface area contributed by atoms with Gasteiger partial charge in [-0.15, -0.1) is 0 Å². The molecule has 1 aliphatic heterocycles. The van der Waals surface area contributed by atoms with Gasteiger partial charge in [0.05, 0.1) is 12.6 Å². The van der Waals surface area contributed by atoms with Crippen molar-refractivity contribution in [1.82, 2.24) is 10.2 Å². The highest BCUT2D eigenvalue weighted by molar-refractivity contribution is 5.78. The van der Waals surface area contributed by atoms with Gasteiger partial charge in [0.15, 0.2) is 0 Å². The Bertz CT molecular complexity index is 332. The Morgan fingerprint density at radius 1 is 1.35 bits per heavy atom. The monoisotopic (exact) mass is 282 g/mol. The molecule has 1 aliphatic carbocycles. The van der Waals surface area contributed by atoms with Crippen LogP contribution < -0.4 is 5.32 Å². The summed E-state index contributed by atoms with van der Waals surface area (Å²) in [5, 5.41) is 12.8. The van der Waals surface area contributed by atoms with Gasteiger partial charge in [-0.3, -0.25) is 9.69 Å². The number of hydrogen-bond donors (Lipinski definition) is 2. The van der Waals surface area contributed by atoms with Crippen LogP contribution in [0.1, 0.15) is 46.5 Å². The van der Waals surface area contributed by atoms with Gasteiger partial charge in [0, 0.05) is 12.6 Å². The van der Waals surface area contributed by atoms with E-state index in [2.05, 4.69) is 24.1 Å². The molecule has 0 aromatic rings. The van der Waals surface area contributed by atoms with Crippen molar-refractivity contribution in [2.75, 3.05) is 19.6 Å². The van der Waals surface area contributed by atoms with Gasteiger partial charge in [-0.2, -0.15) is 0 Å². The summed E-state index contributed by atoms with van der Waals surface area (Å²) >= 11 is 0. The first kappa shape index (κ1) is 15.8. The van der Waals surface area contributed by atoms with Gasteiger partial charge in [-0.05, 0) is 44.1 Å². The molecule has 4 heteroatoms. The van der Waals surface area contributed by atoms with Crippen molar-refractivity contribution in [2.45, 2.75) is 58.6 Å². The summed E-state index contributed by atoms with van der Waals surface area (Å²) in [6.45, 7) is 8.66. The summed E-state index contributed by atoms with van der Waals surface area (Å²) in [5.41, 5.74) is 0. The number of nitrogens with one attached hydrogen (secondary N) is 1. The molecular weight excluding hydrogens is 252 g/mol. The zero-order valence-electron chi connectivity index (χ0n) is 13.1. The van der Waals surface area contributed by atoms with Crippen LogP contribution in [0.2, 0.25) is 0 Å². The normalized spacial score (nSPS) is 36.8. The minimum atomic E-state index is -0.262. The zero-order valence-corrected chi connectivity index (χ0v) is 13.1. The smallest absolute Gasteiger partial charge is 0.234 e. The van der Waals surface area contributed by atoms with E-state index in [9.17, 15) is 9.90 Å². The van der Waals surface area contributed by atoms with E-state index in [1.54, 1.807) is 0 Å². The Balaban J connectivity index is 1.75. The van der Waals surface area contributed by atoms with Crippen LogP contribution in [0.15, 0.2) is 0 Å². The Hall–Kier alpha value is -0.610. The van der Waals surface area contributed by atoms with Crippen LogP contribution in [0.5, 0.6) is 0 Å². The van der Waals surface area contributed by atoms with Gasteiger partial charge >= 0.3 is 0 Å². The highest BCUT2D eigenvalue weighted by Gasteiger charge is 2.30. The number of hydrogen-bond acceptors (Lipinski definition) is 3. The topological polar surface area (TPSA) is 52.6 Å². The molecule has 2 N–H and O–H groups in total. The standard InChI is InChI=1S/C16H30N2O2/c1-11-5-4-6-15(12(11)2)17-16(20)10-18-8-7-14(9-18)13(3)19/h11-15,19H,4-10H2,1-3H3,(H,17,20). The maximum absolute atomic E-state index is 12.2.